The molecule has 1 heterocycles. The molecule has 0 saturated heterocycles. The van der Waals surface area contributed by atoms with E-state index in [1.165, 1.54) is 43.5 Å². The number of hydrogen-bond acceptors (Lipinski definition) is 7. The van der Waals surface area contributed by atoms with Crippen LogP contribution < -0.4 is 24.8 Å². The summed E-state index contributed by atoms with van der Waals surface area (Å²) in [6.07, 6.45) is -0.794. The summed E-state index contributed by atoms with van der Waals surface area (Å²) >= 11 is 12.6. The van der Waals surface area contributed by atoms with Crippen molar-refractivity contribution in [2.24, 2.45) is 5.73 Å². The molecule has 0 spiro atoms. The summed E-state index contributed by atoms with van der Waals surface area (Å²) in [6.45, 7) is 0. The van der Waals surface area contributed by atoms with Crippen molar-refractivity contribution in [2.75, 3.05) is 16.7 Å². The van der Waals surface area contributed by atoms with E-state index in [4.69, 9.17) is 38.4 Å². The molecule has 204 valence electrons. The standard InChI is InChI=1S/C28H21Cl2N3O6S/c1-38-24-16-18(32-27(35)39-19-7-3-2-4-8-19)12-14-25(24)40(36,37)33-23-13-11-17(29)15-21(23)28(31,26(33)34)20-9-5-6-10-22(20)30/h2-16H,31H2,1H3,(H,32,35). The molecular weight excluding hydrogens is 577 g/mol. The molecule has 0 saturated carbocycles. The number of anilines is 2. The number of nitrogens with two attached hydrogens (primary N) is 1. The number of rotatable bonds is 6. The van der Waals surface area contributed by atoms with Gasteiger partial charge in [0.15, 0.2) is 5.54 Å². The first kappa shape index (κ1) is 27.5. The third-order valence-corrected chi connectivity index (χ3v) is 8.61. The summed E-state index contributed by atoms with van der Waals surface area (Å²) in [5.74, 6) is -0.761. The van der Waals surface area contributed by atoms with Crippen molar-refractivity contribution in [2.45, 2.75) is 10.4 Å². The molecule has 0 aliphatic carbocycles. The minimum absolute atomic E-state index is 0.0208. The molecule has 4 aromatic rings. The second-order valence-electron chi connectivity index (χ2n) is 8.72. The summed E-state index contributed by atoms with van der Waals surface area (Å²) in [6, 6.07) is 23.0. The second-order valence-corrected chi connectivity index (χ2v) is 11.3. The molecule has 0 aromatic heterocycles. The van der Waals surface area contributed by atoms with E-state index in [9.17, 15) is 18.0 Å². The van der Waals surface area contributed by atoms with Gasteiger partial charge in [0.05, 0.1) is 12.8 Å². The Morgan fingerprint density at radius 3 is 2.33 bits per heavy atom. The molecule has 0 radical (unpaired) electrons. The fourth-order valence-corrected chi connectivity index (χ4v) is 6.53. The number of methoxy groups -OCH3 is 1. The van der Waals surface area contributed by atoms with Crippen molar-refractivity contribution in [1.29, 1.82) is 0 Å². The van der Waals surface area contributed by atoms with E-state index in [0.29, 0.717) is 10.1 Å². The van der Waals surface area contributed by atoms with E-state index in [2.05, 4.69) is 5.32 Å². The number of para-hydroxylation sites is 1. The summed E-state index contributed by atoms with van der Waals surface area (Å²) in [7, 11) is -3.33. The highest BCUT2D eigenvalue weighted by atomic mass is 35.5. The van der Waals surface area contributed by atoms with Gasteiger partial charge in [0.1, 0.15) is 16.4 Å². The number of amides is 2. The van der Waals surface area contributed by atoms with Crippen LogP contribution in [0.1, 0.15) is 11.1 Å². The van der Waals surface area contributed by atoms with Crippen LogP contribution in [0.4, 0.5) is 16.2 Å². The quantitative estimate of drug-likeness (QED) is 0.298. The highest BCUT2D eigenvalue weighted by molar-refractivity contribution is 7.93. The molecule has 40 heavy (non-hydrogen) atoms. The summed E-state index contributed by atoms with van der Waals surface area (Å²) in [4.78, 5) is 26.0. The third-order valence-electron chi connectivity index (χ3n) is 6.30. The highest BCUT2D eigenvalue weighted by Gasteiger charge is 2.55. The van der Waals surface area contributed by atoms with E-state index in [1.54, 1.807) is 54.6 Å². The van der Waals surface area contributed by atoms with Crippen molar-refractivity contribution in [3.8, 4) is 11.5 Å². The van der Waals surface area contributed by atoms with Crippen LogP contribution in [0.15, 0.2) is 95.9 Å². The maximum Gasteiger partial charge on any atom is 0.417 e. The zero-order valence-electron chi connectivity index (χ0n) is 20.8. The number of sulfonamides is 1. The molecule has 1 aliphatic rings. The lowest BCUT2D eigenvalue weighted by Gasteiger charge is -2.26. The van der Waals surface area contributed by atoms with Gasteiger partial charge in [-0.05, 0) is 48.5 Å². The molecule has 0 bridgehead atoms. The maximum atomic E-state index is 14.0. The largest absolute Gasteiger partial charge is 0.495 e. The smallest absolute Gasteiger partial charge is 0.417 e. The van der Waals surface area contributed by atoms with Crippen LogP contribution in [0.3, 0.4) is 0 Å². The van der Waals surface area contributed by atoms with Crippen LogP contribution in [-0.2, 0) is 20.4 Å². The Labute approximate surface area is 240 Å². The van der Waals surface area contributed by atoms with Gasteiger partial charge in [-0.1, -0.05) is 59.6 Å². The molecule has 1 unspecified atom stereocenters. The number of hydrogen-bond donors (Lipinski definition) is 2. The van der Waals surface area contributed by atoms with Crippen molar-refractivity contribution in [3.05, 3.63) is 112 Å². The number of halogens is 2. The summed E-state index contributed by atoms with van der Waals surface area (Å²) in [5.41, 5.74) is 5.35. The Kier molecular flexibility index (Phi) is 7.19. The predicted molar refractivity (Wildman–Crippen MR) is 152 cm³/mol. The van der Waals surface area contributed by atoms with E-state index < -0.39 is 27.6 Å². The normalized spacial score (nSPS) is 16.4. The third kappa shape index (κ3) is 4.65. The second kappa shape index (κ2) is 10.5. The number of nitrogens with one attached hydrogen (secondary N) is 1. The molecule has 12 heteroatoms. The first-order valence-corrected chi connectivity index (χ1v) is 13.9. The topological polar surface area (TPSA) is 128 Å². The van der Waals surface area contributed by atoms with Crippen LogP contribution in [-0.4, -0.2) is 27.5 Å². The van der Waals surface area contributed by atoms with Gasteiger partial charge >= 0.3 is 6.09 Å². The number of ether oxygens (including phenoxy) is 2. The first-order valence-electron chi connectivity index (χ1n) is 11.7. The molecule has 4 aromatic carbocycles. The lowest BCUT2D eigenvalue weighted by atomic mass is 9.85. The maximum absolute atomic E-state index is 14.0. The zero-order chi connectivity index (χ0) is 28.7. The summed E-state index contributed by atoms with van der Waals surface area (Å²) in [5, 5.41) is 2.95. The molecule has 1 aliphatic heterocycles. The number of carbonyl (C=O) groups excluding carboxylic acids is 2. The van der Waals surface area contributed by atoms with Gasteiger partial charge in [0, 0.05) is 32.9 Å². The van der Waals surface area contributed by atoms with Gasteiger partial charge in [-0.3, -0.25) is 10.1 Å². The average molecular weight is 598 g/mol. The molecule has 2 amide bonds. The predicted octanol–water partition coefficient (Wildman–Crippen LogP) is 5.55. The van der Waals surface area contributed by atoms with E-state index >= 15 is 0 Å². The van der Waals surface area contributed by atoms with Crippen molar-refractivity contribution >= 4 is 56.6 Å². The van der Waals surface area contributed by atoms with Crippen LogP contribution in [0.25, 0.3) is 0 Å². The van der Waals surface area contributed by atoms with Gasteiger partial charge < -0.3 is 15.2 Å². The molecule has 5 rings (SSSR count). The minimum atomic E-state index is -4.59. The molecule has 9 nitrogen and oxygen atoms in total. The van der Waals surface area contributed by atoms with Gasteiger partial charge in [-0.2, -0.15) is 0 Å². The van der Waals surface area contributed by atoms with Crippen LogP contribution in [0, 0.1) is 0 Å². The van der Waals surface area contributed by atoms with E-state index in [1.807, 2.05) is 0 Å². The Hall–Kier alpha value is -4.09. The highest BCUT2D eigenvalue weighted by Crippen LogP contribution is 2.48. The molecule has 3 N–H and O–H groups in total. The molecule has 0 fully saturated rings. The van der Waals surface area contributed by atoms with Crippen LogP contribution >= 0.6 is 23.2 Å². The Bertz CT molecular complexity index is 1750. The van der Waals surface area contributed by atoms with Crippen LogP contribution in [0.5, 0.6) is 11.5 Å². The molecular formula is C28H21Cl2N3O6S. The van der Waals surface area contributed by atoms with Crippen LogP contribution in [0.2, 0.25) is 10.0 Å². The van der Waals surface area contributed by atoms with E-state index in [0.717, 1.165) is 0 Å². The van der Waals surface area contributed by atoms with Gasteiger partial charge in [-0.25, -0.2) is 17.5 Å². The fraction of sp³-hybridized carbons (Fsp3) is 0.0714. The Morgan fingerprint density at radius 2 is 1.62 bits per heavy atom. The van der Waals surface area contributed by atoms with Gasteiger partial charge in [0.2, 0.25) is 0 Å². The SMILES string of the molecule is COc1cc(NC(=O)Oc2ccccc2)ccc1S(=O)(=O)N1C(=O)C(N)(c2ccccc2Cl)c2cc(Cl)ccc21. The monoisotopic (exact) mass is 597 g/mol. The average Bonchev–Trinajstić information content (AvgIpc) is 3.16. The number of benzene rings is 4. The van der Waals surface area contributed by atoms with Gasteiger partial charge in [0.25, 0.3) is 15.9 Å². The molecule has 1 atom stereocenters. The van der Waals surface area contributed by atoms with Gasteiger partial charge in [-0.15, -0.1) is 0 Å². The van der Waals surface area contributed by atoms with E-state index in [-0.39, 0.29) is 43.2 Å². The Morgan fingerprint density at radius 1 is 0.925 bits per heavy atom. The minimum Gasteiger partial charge on any atom is -0.495 e. The first-order chi connectivity index (χ1) is 19.1. The lowest BCUT2D eigenvalue weighted by Crippen LogP contribution is -2.49. The van der Waals surface area contributed by atoms with Crippen molar-refractivity contribution < 1.29 is 27.5 Å². The number of carbonyl (C=O) groups is 2. The lowest BCUT2D eigenvalue weighted by molar-refractivity contribution is -0.120. The van der Waals surface area contributed by atoms with Crippen molar-refractivity contribution in [1.82, 2.24) is 0 Å². The fourth-order valence-electron chi connectivity index (χ4n) is 4.46. The summed E-state index contributed by atoms with van der Waals surface area (Å²) < 4.78 is 39.3. The number of fused-ring (bicyclic) bond motifs is 1. The van der Waals surface area contributed by atoms with Crippen molar-refractivity contribution in [3.63, 3.8) is 0 Å². The zero-order valence-corrected chi connectivity index (χ0v) is 23.1. The number of nitrogens with zero attached hydrogens (tertiary/aromatic N) is 1. The Balaban J connectivity index is 1.54.